The number of hydrogen-bond donors (Lipinski definition) is 1. The highest BCUT2D eigenvalue weighted by molar-refractivity contribution is 7.89. The van der Waals surface area contributed by atoms with Crippen LogP contribution < -0.4 is 10.1 Å². The van der Waals surface area contributed by atoms with Gasteiger partial charge in [0.25, 0.3) is 5.91 Å². The molecule has 1 saturated heterocycles. The van der Waals surface area contributed by atoms with Gasteiger partial charge in [-0.25, -0.2) is 8.42 Å². The third kappa shape index (κ3) is 5.40. The van der Waals surface area contributed by atoms with Crippen LogP contribution in [0.3, 0.4) is 0 Å². The molecule has 0 bridgehead atoms. The Bertz CT molecular complexity index is 1010. The molecule has 0 aliphatic carbocycles. The molecule has 0 saturated carbocycles. The van der Waals surface area contributed by atoms with Crippen LogP contribution in [-0.2, 0) is 19.6 Å². The van der Waals surface area contributed by atoms with Crippen LogP contribution in [0.4, 0.5) is 5.69 Å². The molecule has 1 fully saturated rings. The molecule has 3 rings (SSSR count). The Balaban J connectivity index is 1.75. The van der Waals surface area contributed by atoms with E-state index in [9.17, 15) is 13.2 Å². The van der Waals surface area contributed by atoms with Gasteiger partial charge in [0.1, 0.15) is 10.6 Å². The van der Waals surface area contributed by atoms with Crippen molar-refractivity contribution in [3.8, 4) is 5.75 Å². The summed E-state index contributed by atoms with van der Waals surface area (Å²) in [6, 6.07) is 9.35. The summed E-state index contributed by atoms with van der Waals surface area (Å²) in [5.41, 5.74) is 1.40. The van der Waals surface area contributed by atoms with Crippen LogP contribution in [0, 0.1) is 6.92 Å². The number of amides is 1. The molecule has 1 aliphatic heterocycles. The van der Waals surface area contributed by atoms with E-state index < -0.39 is 15.9 Å². The summed E-state index contributed by atoms with van der Waals surface area (Å²) in [7, 11) is -3.84. The lowest BCUT2D eigenvalue weighted by Gasteiger charge is -2.26. The Labute approximate surface area is 179 Å². The highest BCUT2D eigenvalue weighted by Crippen LogP contribution is 2.30. The molecule has 1 N–H and O–H groups in total. The number of halogens is 2. The second-order valence-corrected chi connectivity index (χ2v) is 9.18. The van der Waals surface area contributed by atoms with Crippen LogP contribution in [0.15, 0.2) is 41.3 Å². The zero-order valence-corrected chi connectivity index (χ0v) is 18.0. The minimum Gasteiger partial charge on any atom is -0.482 e. The van der Waals surface area contributed by atoms with Gasteiger partial charge in [0.05, 0.1) is 13.2 Å². The summed E-state index contributed by atoms with van der Waals surface area (Å²) in [4.78, 5) is 12.2. The maximum Gasteiger partial charge on any atom is 0.262 e. The van der Waals surface area contributed by atoms with Crippen molar-refractivity contribution in [2.45, 2.75) is 11.8 Å². The standard InChI is InChI=1S/C19H20Cl2N2O5S/c1-13-10-14(20)2-4-16(13)22-19(24)12-28-17-5-3-15(21)11-18(17)29(25,26)23-6-8-27-9-7-23/h2-5,10-11H,6-9,12H2,1H3,(H,22,24). The number of aryl methyl sites for hydroxylation is 1. The predicted octanol–water partition coefficient (Wildman–Crippen LogP) is 3.34. The van der Waals surface area contributed by atoms with Gasteiger partial charge < -0.3 is 14.8 Å². The maximum absolute atomic E-state index is 13.0. The highest BCUT2D eigenvalue weighted by Gasteiger charge is 2.29. The zero-order valence-electron chi connectivity index (χ0n) is 15.7. The highest BCUT2D eigenvalue weighted by atomic mass is 35.5. The van der Waals surface area contributed by atoms with Crippen molar-refractivity contribution in [3.63, 3.8) is 0 Å². The van der Waals surface area contributed by atoms with Gasteiger partial charge in [-0.3, -0.25) is 4.79 Å². The van der Waals surface area contributed by atoms with Crippen molar-refractivity contribution in [2.24, 2.45) is 0 Å². The van der Waals surface area contributed by atoms with Gasteiger partial charge in [-0.05, 0) is 48.9 Å². The first-order valence-corrected chi connectivity index (χ1v) is 11.0. The number of morpholine rings is 1. The van der Waals surface area contributed by atoms with Crippen LogP contribution in [0.25, 0.3) is 0 Å². The number of carbonyl (C=O) groups is 1. The lowest BCUT2D eigenvalue weighted by Crippen LogP contribution is -2.40. The van der Waals surface area contributed by atoms with E-state index in [1.165, 1.54) is 22.5 Å². The van der Waals surface area contributed by atoms with E-state index in [0.717, 1.165) is 5.56 Å². The Morgan fingerprint density at radius 3 is 2.48 bits per heavy atom. The largest absolute Gasteiger partial charge is 0.482 e. The zero-order chi connectivity index (χ0) is 21.0. The number of carbonyl (C=O) groups excluding carboxylic acids is 1. The summed E-state index contributed by atoms with van der Waals surface area (Å²) < 4.78 is 38.0. The van der Waals surface area contributed by atoms with Crippen LogP contribution in [0.2, 0.25) is 10.0 Å². The Morgan fingerprint density at radius 2 is 1.79 bits per heavy atom. The summed E-state index contributed by atoms with van der Waals surface area (Å²) in [5.74, 6) is -0.371. The van der Waals surface area contributed by atoms with Crippen molar-refractivity contribution in [3.05, 3.63) is 52.0 Å². The molecule has 1 amide bonds. The summed E-state index contributed by atoms with van der Waals surface area (Å²) in [6.45, 7) is 2.57. The Kier molecular flexibility index (Phi) is 7.02. The summed E-state index contributed by atoms with van der Waals surface area (Å²) >= 11 is 11.9. The molecule has 1 heterocycles. The monoisotopic (exact) mass is 458 g/mol. The van der Waals surface area contributed by atoms with Crippen molar-refractivity contribution >= 4 is 44.8 Å². The van der Waals surface area contributed by atoms with E-state index in [2.05, 4.69) is 5.32 Å². The minimum atomic E-state index is -3.84. The minimum absolute atomic E-state index is 0.0591. The van der Waals surface area contributed by atoms with Gasteiger partial charge in [-0.15, -0.1) is 0 Å². The van der Waals surface area contributed by atoms with Gasteiger partial charge in [-0.1, -0.05) is 23.2 Å². The maximum atomic E-state index is 13.0. The first-order valence-electron chi connectivity index (χ1n) is 8.83. The number of ether oxygens (including phenoxy) is 2. The molecule has 1 aliphatic rings. The number of nitrogens with zero attached hydrogens (tertiary/aromatic N) is 1. The van der Waals surface area contributed by atoms with E-state index in [0.29, 0.717) is 23.9 Å². The first kappa shape index (κ1) is 21.9. The van der Waals surface area contributed by atoms with Crippen LogP contribution in [0.1, 0.15) is 5.56 Å². The number of hydrogen-bond acceptors (Lipinski definition) is 5. The number of nitrogens with one attached hydrogen (secondary N) is 1. The fraction of sp³-hybridized carbons (Fsp3) is 0.316. The van der Waals surface area contributed by atoms with E-state index in [-0.39, 0.29) is 35.4 Å². The molecule has 156 valence electrons. The van der Waals surface area contributed by atoms with Crippen molar-refractivity contribution in [2.75, 3.05) is 38.2 Å². The van der Waals surface area contributed by atoms with E-state index in [1.807, 2.05) is 6.92 Å². The van der Waals surface area contributed by atoms with Crippen molar-refractivity contribution in [1.82, 2.24) is 4.31 Å². The number of anilines is 1. The van der Waals surface area contributed by atoms with Gasteiger partial charge >= 0.3 is 0 Å². The molecule has 0 radical (unpaired) electrons. The number of rotatable bonds is 6. The number of sulfonamides is 1. The normalized spacial score (nSPS) is 15.1. The molecule has 0 atom stereocenters. The second kappa shape index (κ2) is 9.32. The summed E-state index contributed by atoms with van der Waals surface area (Å²) in [6.07, 6.45) is 0. The molecule has 10 heteroatoms. The molecule has 0 spiro atoms. The van der Waals surface area contributed by atoms with Crippen LogP contribution in [0.5, 0.6) is 5.75 Å². The second-order valence-electron chi connectivity index (χ2n) is 6.40. The van der Waals surface area contributed by atoms with Gasteiger partial charge in [0.2, 0.25) is 10.0 Å². The van der Waals surface area contributed by atoms with Gasteiger partial charge in [0.15, 0.2) is 6.61 Å². The van der Waals surface area contributed by atoms with Crippen LogP contribution in [-0.4, -0.2) is 51.5 Å². The average molecular weight is 459 g/mol. The molecule has 7 nitrogen and oxygen atoms in total. The van der Waals surface area contributed by atoms with Crippen molar-refractivity contribution in [1.29, 1.82) is 0 Å². The van der Waals surface area contributed by atoms with Crippen molar-refractivity contribution < 1.29 is 22.7 Å². The van der Waals surface area contributed by atoms with Crippen LogP contribution >= 0.6 is 23.2 Å². The average Bonchev–Trinajstić information content (AvgIpc) is 2.70. The molecular weight excluding hydrogens is 439 g/mol. The predicted molar refractivity (Wildman–Crippen MR) is 111 cm³/mol. The van der Waals surface area contributed by atoms with Gasteiger partial charge in [0, 0.05) is 28.8 Å². The lowest BCUT2D eigenvalue weighted by atomic mass is 10.2. The molecule has 29 heavy (non-hydrogen) atoms. The molecule has 0 unspecified atom stereocenters. The molecule has 0 aromatic heterocycles. The fourth-order valence-electron chi connectivity index (χ4n) is 2.83. The Morgan fingerprint density at radius 1 is 1.14 bits per heavy atom. The lowest BCUT2D eigenvalue weighted by molar-refractivity contribution is -0.118. The third-order valence-electron chi connectivity index (χ3n) is 4.31. The van der Waals surface area contributed by atoms with E-state index in [1.54, 1.807) is 18.2 Å². The summed E-state index contributed by atoms with van der Waals surface area (Å²) in [5, 5.41) is 3.54. The Hall–Kier alpha value is -1.84. The third-order valence-corrected chi connectivity index (χ3v) is 6.70. The topological polar surface area (TPSA) is 84.9 Å². The van der Waals surface area contributed by atoms with E-state index >= 15 is 0 Å². The smallest absolute Gasteiger partial charge is 0.262 e. The fourth-order valence-corrected chi connectivity index (χ4v) is 4.85. The van der Waals surface area contributed by atoms with E-state index in [4.69, 9.17) is 32.7 Å². The molecular formula is C19H20Cl2N2O5S. The first-order chi connectivity index (χ1) is 13.8. The van der Waals surface area contributed by atoms with Gasteiger partial charge in [-0.2, -0.15) is 4.31 Å². The number of benzene rings is 2. The molecule has 2 aromatic rings. The SMILES string of the molecule is Cc1cc(Cl)ccc1NC(=O)COc1ccc(Cl)cc1S(=O)(=O)N1CCOCC1. The quantitative estimate of drug-likeness (QED) is 0.717. The molecule has 2 aromatic carbocycles.